The molecule has 29 heavy (non-hydrogen) atoms. The van der Waals surface area contributed by atoms with Crippen LogP contribution in [0.5, 0.6) is 5.75 Å². The summed E-state index contributed by atoms with van der Waals surface area (Å²) in [5.74, 6) is 0.499. The van der Waals surface area contributed by atoms with Gasteiger partial charge in [-0.25, -0.2) is 9.97 Å². The molecule has 0 spiro atoms. The number of aromatic amines is 1. The first-order valence-corrected chi connectivity index (χ1v) is 9.27. The predicted octanol–water partition coefficient (Wildman–Crippen LogP) is 4.43. The smallest absolute Gasteiger partial charge is 0.256 e. The molecular formula is C23H18N4O2. The Morgan fingerprint density at radius 1 is 1.03 bits per heavy atom. The Morgan fingerprint density at radius 2 is 1.86 bits per heavy atom. The number of hydrogen-bond donors (Lipinski definition) is 2. The highest BCUT2D eigenvalue weighted by Crippen LogP contribution is 2.39. The molecule has 2 aromatic heterocycles. The summed E-state index contributed by atoms with van der Waals surface area (Å²) in [5, 5.41) is 2.93. The average Bonchev–Trinajstić information content (AvgIpc) is 3.32. The topological polar surface area (TPSA) is 79.9 Å². The first-order valence-electron chi connectivity index (χ1n) is 9.27. The summed E-state index contributed by atoms with van der Waals surface area (Å²) in [5.41, 5.74) is 6.84. The third-order valence-electron chi connectivity index (χ3n) is 5.07. The van der Waals surface area contributed by atoms with E-state index in [2.05, 4.69) is 10.3 Å². The Balaban J connectivity index is 1.76. The van der Waals surface area contributed by atoms with Crippen LogP contribution in [0.2, 0.25) is 0 Å². The number of hydrogen-bond acceptors (Lipinski definition) is 4. The van der Waals surface area contributed by atoms with Crippen LogP contribution < -0.4 is 10.1 Å². The van der Waals surface area contributed by atoms with Crippen molar-refractivity contribution >= 4 is 34.3 Å². The van der Waals surface area contributed by atoms with E-state index in [9.17, 15) is 4.79 Å². The van der Waals surface area contributed by atoms with Crippen molar-refractivity contribution in [3.05, 3.63) is 71.7 Å². The third-order valence-corrected chi connectivity index (χ3v) is 5.07. The van der Waals surface area contributed by atoms with E-state index in [-0.39, 0.29) is 5.91 Å². The molecule has 0 unspecified atom stereocenters. The van der Waals surface area contributed by atoms with Gasteiger partial charge in [0.05, 0.1) is 46.5 Å². The number of benzene rings is 2. The van der Waals surface area contributed by atoms with Gasteiger partial charge in [-0.1, -0.05) is 30.3 Å². The molecule has 0 fully saturated rings. The minimum Gasteiger partial charge on any atom is -0.495 e. The highest BCUT2D eigenvalue weighted by Gasteiger charge is 2.28. The zero-order valence-electron chi connectivity index (χ0n) is 16.0. The van der Waals surface area contributed by atoms with Gasteiger partial charge < -0.3 is 15.0 Å². The normalized spacial score (nSPS) is 14.3. The molecule has 0 atom stereocenters. The van der Waals surface area contributed by atoms with E-state index in [1.165, 1.54) is 0 Å². The Bertz CT molecular complexity index is 1290. The van der Waals surface area contributed by atoms with Crippen molar-refractivity contribution in [2.45, 2.75) is 6.92 Å². The number of carbonyl (C=O) groups is 1. The summed E-state index contributed by atoms with van der Waals surface area (Å²) in [6, 6.07) is 15.5. The molecule has 6 heteroatoms. The number of anilines is 1. The molecule has 2 N–H and O–H groups in total. The van der Waals surface area contributed by atoms with Gasteiger partial charge in [-0.15, -0.1) is 0 Å². The number of rotatable bonds is 3. The highest BCUT2D eigenvalue weighted by molar-refractivity contribution is 6.37. The molecule has 3 heterocycles. The summed E-state index contributed by atoms with van der Waals surface area (Å²) >= 11 is 0. The molecular weight excluding hydrogens is 364 g/mol. The maximum atomic E-state index is 12.7. The van der Waals surface area contributed by atoms with Gasteiger partial charge in [0.25, 0.3) is 5.91 Å². The molecule has 1 aliphatic heterocycles. The van der Waals surface area contributed by atoms with Crippen molar-refractivity contribution in [2.24, 2.45) is 0 Å². The van der Waals surface area contributed by atoms with Crippen molar-refractivity contribution in [2.75, 3.05) is 12.4 Å². The summed E-state index contributed by atoms with van der Waals surface area (Å²) in [6.45, 7) is 1.95. The summed E-state index contributed by atoms with van der Waals surface area (Å²) in [6.07, 6.45) is 3.57. The molecule has 6 nitrogen and oxygen atoms in total. The summed E-state index contributed by atoms with van der Waals surface area (Å²) in [7, 11) is 1.60. The number of ether oxygens (including phenoxy) is 1. The predicted molar refractivity (Wildman–Crippen MR) is 114 cm³/mol. The van der Waals surface area contributed by atoms with E-state index in [4.69, 9.17) is 14.7 Å². The lowest BCUT2D eigenvalue weighted by atomic mass is 10.0. The molecule has 0 radical (unpaired) electrons. The van der Waals surface area contributed by atoms with E-state index in [1.807, 2.05) is 55.5 Å². The Kier molecular flexibility index (Phi) is 3.91. The molecule has 0 aliphatic carbocycles. The summed E-state index contributed by atoms with van der Waals surface area (Å²) in [4.78, 5) is 25.5. The van der Waals surface area contributed by atoms with Gasteiger partial charge in [0.2, 0.25) is 0 Å². The molecule has 2 aromatic carbocycles. The van der Waals surface area contributed by atoms with Crippen LogP contribution >= 0.6 is 0 Å². The van der Waals surface area contributed by atoms with E-state index >= 15 is 0 Å². The second-order valence-electron chi connectivity index (χ2n) is 6.85. The van der Waals surface area contributed by atoms with Crippen molar-refractivity contribution in [1.29, 1.82) is 0 Å². The van der Waals surface area contributed by atoms with Gasteiger partial charge in [-0.3, -0.25) is 4.79 Å². The standard InChI is InChI=1S/C23H18N4O2/c1-13-21(14-6-4-3-5-7-14)27-22-17(25-13)9-8-16-20(22)15(23(28)26-16)12-18-19(29-2)10-11-24-18/h3-12,24H,1-2H3,(H,26,28)/b15-12-. The van der Waals surface area contributed by atoms with Crippen LogP contribution in [0.1, 0.15) is 17.0 Å². The maximum Gasteiger partial charge on any atom is 0.256 e. The number of aromatic nitrogens is 3. The lowest BCUT2D eigenvalue weighted by molar-refractivity contribution is -0.110. The fourth-order valence-electron chi connectivity index (χ4n) is 3.70. The maximum absolute atomic E-state index is 12.7. The number of aryl methyl sites for hydroxylation is 1. The second-order valence-corrected chi connectivity index (χ2v) is 6.85. The Labute approximate surface area is 167 Å². The highest BCUT2D eigenvalue weighted by atomic mass is 16.5. The quantitative estimate of drug-likeness (QED) is 0.514. The molecule has 4 aromatic rings. The molecule has 0 bridgehead atoms. The second kappa shape index (κ2) is 6.60. The minimum absolute atomic E-state index is 0.173. The molecule has 0 saturated heterocycles. The Hall–Kier alpha value is -3.93. The number of amides is 1. The number of nitrogens with one attached hydrogen (secondary N) is 2. The lowest BCUT2D eigenvalue weighted by Crippen LogP contribution is -2.03. The summed E-state index contributed by atoms with van der Waals surface area (Å²) < 4.78 is 5.36. The van der Waals surface area contributed by atoms with E-state index < -0.39 is 0 Å². The van der Waals surface area contributed by atoms with Gasteiger partial charge in [0.15, 0.2) is 0 Å². The zero-order valence-corrected chi connectivity index (χ0v) is 16.0. The van der Waals surface area contributed by atoms with Crippen molar-refractivity contribution in [3.8, 4) is 17.0 Å². The Morgan fingerprint density at radius 3 is 2.66 bits per heavy atom. The fourth-order valence-corrected chi connectivity index (χ4v) is 3.70. The SMILES string of the molecule is COc1cc[nH]c1/C=C1\C(=O)Nc2ccc3nc(C)c(-c4ccccc4)nc3c21. The van der Waals surface area contributed by atoms with E-state index in [1.54, 1.807) is 19.4 Å². The van der Waals surface area contributed by atoms with E-state index in [0.717, 1.165) is 39.4 Å². The molecule has 1 amide bonds. The van der Waals surface area contributed by atoms with Crippen molar-refractivity contribution in [3.63, 3.8) is 0 Å². The van der Waals surface area contributed by atoms with E-state index in [0.29, 0.717) is 16.8 Å². The van der Waals surface area contributed by atoms with Gasteiger partial charge in [-0.05, 0) is 31.2 Å². The van der Waals surface area contributed by atoms with Gasteiger partial charge in [0.1, 0.15) is 5.75 Å². The number of nitrogens with zero attached hydrogens (tertiary/aromatic N) is 2. The van der Waals surface area contributed by atoms with Crippen LogP contribution in [0.15, 0.2) is 54.7 Å². The lowest BCUT2D eigenvalue weighted by Gasteiger charge is -2.10. The third kappa shape index (κ3) is 2.77. The molecule has 1 aliphatic rings. The van der Waals surface area contributed by atoms with Crippen LogP contribution in [0, 0.1) is 6.92 Å². The largest absolute Gasteiger partial charge is 0.495 e. The molecule has 142 valence electrons. The number of methoxy groups -OCH3 is 1. The van der Waals surface area contributed by atoms with Gasteiger partial charge in [-0.2, -0.15) is 0 Å². The first kappa shape index (κ1) is 17.2. The average molecular weight is 382 g/mol. The number of H-pyrrole nitrogens is 1. The van der Waals surface area contributed by atoms with Crippen molar-refractivity contribution in [1.82, 2.24) is 15.0 Å². The monoisotopic (exact) mass is 382 g/mol. The van der Waals surface area contributed by atoms with Crippen LogP contribution in [-0.4, -0.2) is 28.0 Å². The fraction of sp³-hybridized carbons (Fsp3) is 0.0870. The van der Waals surface area contributed by atoms with Crippen LogP contribution in [0.4, 0.5) is 5.69 Å². The van der Waals surface area contributed by atoms with Crippen LogP contribution in [-0.2, 0) is 4.79 Å². The van der Waals surface area contributed by atoms with Gasteiger partial charge in [0, 0.05) is 17.3 Å². The molecule has 5 rings (SSSR count). The number of carbonyl (C=O) groups excluding carboxylic acids is 1. The van der Waals surface area contributed by atoms with Crippen LogP contribution in [0.3, 0.4) is 0 Å². The van der Waals surface area contributed by atoms with Crippen molar-refractivity contribution < 1.29 is 9.53 Å². The van der Waals surface area contributed by atoms with Crippen LogP contribution in [0.25, 0.3) is 33.9 Å². The zero-order chi connectivity index (χ0) is 20.0. The van der Waals surface area contributed by atoms with Gasteiger partial charge >= 0.3 is 0 Å². The molecule has 0 saturated carbocycles. The first-order chi connectivity index (χ1) is 14.2. The number of fused-ring (bicyclic) bond motifs is 3. The minimum atomic E-state index is -0.173.